The van der Waals surface area contributed by atoms with Crippen molar-refractivity contribution in [3.8, 4) is 0 Å². The van der Waals surface area contributed by atoms with E-state index in [4.69, 9.17) is 10.2 Å². The van der Waals surface area contributed by atoms with Gasteiger partial charge in [-0.1, -0.05) is 29.8 Å². The summed E-state index contributed by atoms with van der Waals surface area (Å²) >= 11 is 3.42. The zero-order valence-corrected chi connectivity index (χ0v) is 11.0. The summed E-state index contributed by atoms with van der Waals surface area (Å²) in [5.74, 6) is 1.36. The molecule has 0 saturated heterocycles. The topological polar surface area (TPSA) is 52.0 Å². The van der Waals surface area contributed by atoms with Gasteiger partial charge in [-0.3, -0.25) is 0 Å². The van der Waals surface area contributed by atoms with E-state index in [-0.39, 0.29) is 5.92 Å². The van der Waals surface area contributed by atoms with Gasteiger partial charge in [0.2, 0.25) is 0 Å². The van der Waals surface area contributed by atoms with Crippen molar-refractivity contribution in [2.75, 3.05) is 6.54 Å². The number of fused-ring (bicyclic) bond motifs is 1. The van der Waals surface area contributed by atoms with E-state index in [1.807, 2.05) is 18.2 Å². The van der Waals surface area contributed by atoms with Crippen molar-refractivity contribution < 1.29 is 4.42 Å². The van der Waals surface area contributed by atoms with Crippen LogP contribution in [0.2, 0.25) is 0 Å². The lowest BCUT2D eigenvalue weighted by Crippen LogP contribution is -2.17. The number of aromatic nitrogens is 1. The summed E-state index contributed by atoms with van der Waals surface area (Å²) in [6.45, 7) is 4.82. The van der Waals surface area contributed by atoms with E-state index in [1.54, 1.807) is 0 Å². The zero-order chi connectivity index (χ0) is 11.7. The summed E-state index contributed by atoms with van der Waals surface area (Å²) in [4.78, 5) is 4.49. The highest BCUT2D eigenvalue weighted by Crippen LogP contribution is 2.27. The number of oxazole rings is 1. The first kappa shape index (κ1) is 11.6. The van der Waals surface area contributed by atoms with Crippen LogP contribution in [-0.2, 0) is 0 Å². The Labute approximate surface area is 103 Å². The number of halogens is 1. The van der Waals surface area contributed by atoms with Gasteiger partial charge in [-0.25, -0.2) is 4.98 Å². The molecule has 2 N–H and O–H groups in total. The third-order valence-corrected chi connectivity index (χ3v) is 3.24. The summed E-state index contributed by atoms with van der Waals surface area (Å²) in [6.07, 6.45) is 0. The normalized spacial score (nSPS) is 13.6. The van der Waals surface area contributed by atoms with Crippen LogP contribution < -0.4 is 5.73 Å². The molecule has 1 aromatic carbocycles. The molecule has 86 valence electrons. The Morgan fingerprint density at radius 3 is 2.81 bits per heavy atom. The van der Waals surface area contributed by atoms with Gasteiger partial charge in [0.05, 0.1) is 5.92 Å². The van der Waals surface area contributed by atoms with Crippen molar-refractivity contribution >= 4 is 27.0 Å². The van der Waals surface area contributed by atoms with Crippen molar-refractivity contribution in [2.24, 2.45) is 11.7 Å². The minimum atomic E-state index is 0.186. The molecule has 0 saturated carbocycles. The van der Waals surface area contributed by atoms with Crippen LogP contribution in [0.1, 0.15) is 25.7 Å². The molecule has 0 spiro atoms. The van der Waals surface area contributed by atoms with Crippen LogP contribution in [0.3, 0.4) is 0 Å². The van der Waals surface area contributed by atoms with Gasteiger partial charge < -0.3 is 10.2 Å². The summed E-state index contributed by atoms with van der Waals surface area (Å²) in [5, 5.41) is 0. The number of nitrogens with zero attached hydrogens (tertiary/aromatic N) is 1. The first-order valence-electron chi connectivity index (χ1n) is 5.38. The number of hydrogen-bond donors (Lipinski definition) is 1. The lowest BCUT2D eigenvalue weighted by atomic mass is 9.96. The van der Waals surface area contributed by atoms with Crippen LogP contribution >= 0.6 is 15.9 Å². The van der Waals surface area contributed by atoms with Crippen LogP contribution in [0.5, 0.6) is 0 Å². The zero-order valence-electron chi connectivity index (χ0n) is 9.40. The summed E-state index contributed by atoms with van der Waals surface area (Å²) < 4.78 is 6.73. The van der Waals surface area contributed by atoms with Gasteiger partial charge in [-0.15, -0.1) is 0 Å². The summed E-state index contributed by atoms with van der Waals surface area (Å²) in [6, 6.07) is 5.82. The fourth-order valence-electron chi connectivity index (χ4n) is 1.74. The number of rotatable bonds is 3. The fourth-order valence-corrected chi connectivity index (χ4v) is 2.08. The van der Waals surface area contributed by atoms with Gasteiger partial charge in [-0.05, 0) is 24.1 Å². The molecular weight excluding hydrogens is 268 g/mol. The Morgan fingerprint density at radius 2 is 2.19 bits per heavy atom. The molecular formula is C12H15BrN2O. The number of hydrogen-bond acceptors (Lipinski definition) is 3. The fraction of sp³-hybridized carbons (Fsp3) is 0.417. The molecule has 16 heavy (non-hydrogen) atoms. The Morgan fingerprint density at radius 1 is 1.44 bits per heavy atom. The van der Waals surface area contributed by atoms with Crippen molar-refractivity contribution in [2.45, 2.75) is 19.8 Å². The molecule has 0 amide bonds. The molecule has 0 aliphatic rings. The van der Waals surface area contributed by atoms with Crippen molar-refractivity contribution in [1.82, 2.24) is 4.98 Å². The van der Waals surface area contributed by atoms with Crippen LogP contribution in [-0.4, -0.2) is 11.5 Å². The average molecular weight is 283 g/mol. The third kappa shape index (κ3) is 2.13. The molecule has 3 nitrogen and oxygen atoms in total. The maximum Gasteiger partial charge on any atom is 0.200 e. The highest BCUT2D eigenvalue weighted by molar-refractivity contribution is 9.10. The largest absolute Gasteiger partial charge is 0.440 e. The van der Waals surface area contributed by atoms with E-state index in [2.05, 4.69) is 34.8 Å². The molecule has 0 bridgehead atoms. The van der Waals surface area contributed by atoms with Gasteiger partial charge in [0.1, 0.15) is 5.52 Å². The SMILES string of the molecule is CC(C)C(CN)c1nc2cc(Br)ccc2o1. The second-order valence-corrected chi connectivity index (χ2v) is 5.17. The summed E-state index contributed by atoms with van der Waals surface area (Å²) in [7, 11) is 0. The minimum Gasteiger partial charge on any atom is -0.440 e. The Balaban J connectivity index is 2.45. The van der Waals surface area contributed by atoms with E-state index in [0.717, 1.165) is 21.5 Å². The second kappa shape index (κ2) is 4.55. The standard InChI is InChI=1S/C12H15BrN2O/c1-7(2)9(6-14)12-15-10-5-8(13)3-4-11(10)16-12/h3-5,7,9H,6,14H2,1-2H3. The van der Waals surface area contributed by atoms with E-state index in [9.17, 15) is 0 Å². The first-order valence-corrected chi connectivity index (χ1v) is 6.17. The molecule has 0 aliphatic heterocycles. The maximum absolute atomic E-state index is 5.75. The van der Waals surface area contributed by atoms with Crippen molar-refractivity contribution in [3.05, 3.63) is 28.6 Å². The first-order chi connectivity index (χ1) is 7.61. The Bertz CT molecular complexity index is 493. The van der Waals surface area contributed by atoms with Crippen LogP contribution in [0.15, 0.2) is 27.1 Å². The highest BCUT2D eigenvalue weighted by atomic mass is 79.9. The van der Waals surface area contributed by atoms with Gasteiger partial charge in [0, 0.05) is 11.0 Å². The third-order valence-electron chi connectivity index (χ3n) is 2.74. The predicted molar refractivity (Wildman–Crippen MR) is 68.3 cm³/mol. The molecule has 0 radical (unpaired) electrons. The summed E-state index contributed by atoms with van der Waals surface area (Å²) in [5.41, 5.74) is 7.44. The van der Waals surface area contributed by atoms with E-state index < -0.39 is 0 Å². The molecule has 2 aromatic rings. The second-order valence-electron chi connectivity index (χ2n) is 4.25. The molecule has 0 fully saturated rings. The van der Waals surface area contributed by atoms with Crippen LogP contribution in [0.4, 0.5) is 0 Å². The lowest BCUT2D eigenvalue weighted by molar-refractivity contribution is 0.400. The van der Waals surface area contributed by atoms with Crippen LogP contribution in [0.25, 0.3) is 11.1 Å². The van der Waals surface area contributed by atoms with Gasteiger partial charge in [-0.2, -0.15) is 0 Å². The Hall–Kier alpha value is -0.870. The van der Waals surface area contributed by atoms with Crippen molar-refractivity contribution in [3.63, 3.8) is 0 Å². The van der Waals surface area contributed by atoms with E-state index in [1.165, 1.54) is 0 Å². The number of benzene rings is 1. The molecule has 1 aromatic heterocycles. The monoisotopic (exact) mass is 282 g/mol. The van der Waals surface area contributed by atoms with Crippen molar-refractivity contribution in [1.29, 1.82) is 0 Å². The molecule has 1 unspecified atom stereocenters. The van der Waals surface area contributed by atoms with Crippen LogP contribution in [0, 0.1) is 5.92 Å². The number of nitrogens with two attached hydrogens (primary N) is 1. The van der Waals surface area contributed by atoms with E-state index >= 15 is 0 Å². The highest BCUT2D eigenvalue weighted by Gasteiger charge is 2.20. The smallest absolute Gasteiger partial charge is 0.200 e. The average Bonchev–Trinajstić information content (AvgIpc) is 2.60. The van der Waals surface area contributed by atoms with E-state index in [0.29, 0.717) is 12.5 Å². The lowest BCUT2D eigenvalue weighted by Gasteiger charge is -2.13. The van der Waals surface area contributed by atoms with Gasteiger partial charge in [0.15, 0.2) is 11.5 Å². The molecule has 1 atom stereocenters. The molecule has 0 aliphatic carbocycles. The minimum absolute atomic E-state index is 0.186. The molecule has 4 heteroatoms. The van der Waals surface area contributed by atoms with Gasteiger partial charge in [0.25, 0.3) is 0 Å². The predicted octanol–water partition coefficient (Wildman–Crippen LogP) is 3.29. The maximum atomic E-state index is 5.75. The van der Waals surface area contributed by atoms with Gasteiger partial charge >= 0.3 is 0 Å². The molecule has 1 heterocycles. The Kier molecular flexibility index (Phi) is 3.30. The molecule has 2 rings (SSSR count). The quantitative estimate of drug-likeness (QED) is 0.940.